The van der Waals surface area contributed by atoms with Crippen LogP contribution in [0.2, 0.25) is 0 Å². The second-order valence-corrected chi connectivity index (χ2v) is 5.02. The number of amides is 1. The van der Waals surface area contributed by atoms with E-state index in [0.29, 0.717) is 5.56 Å². The number of nitrogens with zero attached hydrogens (tertiary/aromatic N) is 1. The van der Waals surface area contributed by atoms with Crippen LogP contribution in [0.4, 0.5) is 0 Å². The van der Waals surface area contributed by atoms with Gasteiger partial charge in [-0.2, -0.15) is 5.26 Å². The lowest BCUT2D eigenvalue weighted by Crippen LogP contribution is -2.29. The maximum absolute atomic E-state index is 12.4. The summed E-state index contributed by atoms with van der Waals surface area (Å²) in [6, 6.07) is 19.8. The van der Waals surface area contributed by atoms with Gasteiger partial charge in [0.25, 0.3) is 0 Å². The van der Waals surface area contributed by atoms with Crippen LogP contribution < -0.4 is 5.73 Å². The molecule has 0 aromatic heterocycles. The fraction of sp³-hybridized carbons (Fsp3) is 0.167. The maximum atomic E-state index is 12.4. The summed E-state index contributed by atoms with van der Waals surface area (Å²) in [5.41, 5.74) is 6.65. The van der Waals surface area contributed by atoms with E-state index in [2.05, 4.69) is 0 Å². The molecule has 2 rings (SSSR count). The normalized spacial score (nSPS) is 12.9. The van der Waals surface area contributed by atoms with Gasteiger partial charge in [0.2, 0.25) is 5.91 Å². The average molecular weight is 292 g/mol. The summed E-state index contributed by atoms with van der Waals surface area (Å²) in [4.78, 5) is 24.0. The molecular formula is C18H16N2O2. The molecule has 0 aliphatic rings. The third-order valence-corrected chi connectivity index (χ3v) is 3.58. The Bertz CT molecular complexity index is 690. The van der Waals surface area contributed by atoms with Crippen molar-refractivity contribution in [3.8, 4) is 6.07 Å². The number of hydrogen-bond donors (Lipinski definition) is 1. The molecular weight excluding hydrogens is 276 g/mol. The summed E-state index contributed by atoms with van der Waals surface area (Å²) in [7, 11) is 0. The molecule has 0 bridgehead atoms. The Morgan fingerprint density at radius 2 is 1.55 bits per heavy atom. The minimum absolute atomic E-state index is 0.0647. The summed E-state index contributed by atoms with van der Waals surface area (Å²) < 4.78 is 0. The lowest BCUT2D eigenvalue weighted by Gasteiger charge is -2.19. The molecule has 110 valence electrons. The Morgan fingerprint density at radius 3 is 2.05 bits per heavy atom. The van der Waals surface area contributed by atoms with Gasteiger partial charge in [-0.05, 0) is 5.56 Å². The van der Waals surface area contributed by atoms with E-state index in [1.165, 1.54) is 0 Å². The van der Waals surface area contributed by atoms with Gasteiger partial charge >= 0.3 is 0 Å². The van der Waals surface area contributed by atoms with E-state index in [9.17, 15) is 14.9 Å². The summed E-state index contributed by atoms with van der Waals surface area (Å²) in [5, 5.41) is 9.25. The first kappa shape index (κ1) is 15.5. The standard InChI is InChI=1S/C18H16N2O2/c19-12-16(18(20)22)15(13-7-3-1-4-8-13)11-17(21)14-9-5-2-6-10-14/h1-10,15-16H,11H2,(H2,20,22)/t15-,16-/m1/s1. The number of nitriles is 1. The molecule has 2 atom stereocenters. The highest BCUT2D eigenvalue weighted by atomic mass is 16.1. The zero-order valence-electron chi connectivity index (χ0n) is 12.0. The lowest BCUT2D eigenvalue weighted by atomic mass is 9.81. The van der Waals surface area contributed by atoms with Crippen LogP contribution in [0.1, 0.15) is 28.3 Å². The van der Waals surface area contributed by atoms with Crippen molar-refractivity contribution in [1.29, 1.82) is 5.26 Å². The molecule has 0 saturated heterocycles. The van der Waals surface area contributed by atoms with E-state index in [0.717, 1.165) is 5.56 Å². The fourth-order valence-electron chi connectivity index (χ4n) is 2.42. The van der Waals surface area contributed by atoms with E-state index in [-0.39, 0.29) is 12.2 Å². The highest BCUT2D eigenvalue weighted by Crippen LogP contribution is 2.29. The molecule has 1 amide bonds. The molecule has 22 heavy (non-hydrogen) atoms. The first-order valence-corrected chi connectivity index (χ1v) is 6.95. The Balaban J connectivity index is 2.32. The average Bonchev–Trinajstić information content (AvgIpc) is 2.55. The van der Waals surface area contributed by atoms with Crippen LogP contribution >= 0.6 is 0 Å². The molecule has 2 aromatic rings. The summed E-state index contributed by atoms with van der Waals surface area (Å²) in [6.45, 7) is 0. The molecule has 0 aliphatic heterocycles. The van der Waals surface area contributed by atoms with E-state index in [1.54, 1.807) is 36.4 Å². The molecule has 2 N–H and O–H groups in total. The third kappa shape index (κ3) is 3.58. The van der Waals surface area contributed by atoms with Crippen LogP contribution in [0, 0.1) is 17.2 Å². The predicted molar refractivity (Wildman–Crippen MR) is 82.9 cm³/mol. The van der Waals surface area contributed by atoms with E-state index < -0.39 is 17.7 Å². The Kier molecular flexibility index (Phi) is 5.05. The van der Waals surface area contributed by atoms with E-state index >= 15 is 0 Å². The Labute approximate surface area is 129 Å². The van der Waals surface area contributed by atoms with Crippen molar-refractivity contribution in [3.05, 3.63) is 71.8 Å². The van der Waals surface area contributed by atoms with Gasteiger partial charge in [-0.3, -0.25) is 9.59 Å². The summed E-state index contributed by atoms with van der Waals surface area (Å²) >= 11 is 0. The van der Waals surface area contributed by atoms with Gasteiger partial charge in [-0.1, -0.05) is 60.7 Å². The maximum Gasteiger partial charge on any atom is 0.235 e. The third-order valence-electron chi connectivity index (χ3n) is 3.58. The quantitative estimate of drug-likeness (QED) is 0.831. The van der Waals surface area contributed by atoms with Crippen LogP contribution in [0.15, 0.2) is 60.7 Å². The van der Waals surface area contributed by atoms with E-state index in [1.807, 2.05) is 30.3 Å². The van der Waals surface area contributed by atoms with Crippen molar-refractivity contribution >= 4 is 11.7 Å². The van der Waals surface area contributed by atoms with Crippen molar-refractivity contribution in [2.45, 2.75) is 12.3 Å². The Morgan fingerprint density at radius 1 is 1.00 bits per heavy atom. The lowest BCUT2D eigenvalue weighted by molar-refractivity contribution is -0.120. The Hall–Kier alpha value is -2.93. The highest BCUT2D eigenvalue weighted by Gasteiger charge is 2.30. The minimum Gasteiger partial charge on any atom is -0.369 e. The molecule has 0 spiro atoms. The number of hydrogen-bond acceptors (Lipinski definition) is 3. The van der Waals surface area contributed by atoms with Gasteiger partial charge in [0, 0.05) is 17.9 Å². The smallest absolute Gasteiger partial charge is 0.235 e. The number of ketones is 1. The monoisotopic (exact) mass is 292 g/mol. The fourth-order valence-corrected chi connectivity index (χ4v) is 2.42. The number of benzene rings is 2. The predicted octanol–water partition coefficient (Wildman–Crippen LogP) is 2.67. The zero-order valence-corrected chi connectivity index (χ0v) is 12.0. The first-order valence-electron chi connectivity index (χ1n) is 6.95. The molecule has 0 fully saturated rings. The number of primary amides is 1. The van der Waals surface area contributed by atoms with Gasteiger partial charge < -0.3 is 5.73 Å². The molecule has 2 aromatic carbocycles. The molecule has 0 saturated carbocycles. The molecule has 0 unspecified atom stereocenters. The molecule has 4 nitrogen and oxygen atoms in total. The SMILES string of the molecule is N#C[C@@H](C(N)=O)[C@H](CC(=O)c1ccccc1)c1ccccc1. The highest BCUT2D eigenvalue weighted by molar-refractivity contribution is 5.97. The molecule has 0 heterocycles. The molecule has 0 radical (unpaired) electrons. The number of rotatable bonds is 6. The second-order valence-electron chi connectivity index (χ2n) is 5.02. The number of carbonyl (C=O) groups is 2. The van der Waals surface area contributed by atoms with E-state index in [4.69, 9.17) is 5.73 Å². The van der Waals surface area contributed by atoms with Crippen molar-refractivity contribution < 1.29 is 9.59 Å². The van der Waals surface area contributed by atoms with Crippen molar-refractivity contribution in [2.24, 2.45) is 11.7 Å². The number of carbonyl (C=O) groups excluding carboxylic acids is 2. The van der Waals surface area contributed by atoms with Crippen LogP contribution in [0.25, 0.3) is 0 Å². The number of Topliss-reactive ketones (excluding diaryl/α,β-unsaturated/α-hetero) is 1. The van der Waals surface area contributed by atoms with Crippen LogP contribution in [-0.4, -0.2) is 11.7 Å². The number of nitrogens with two attached hydrogens (primary N) is 1. The van der Waals surface area contributed by atoms with Gasteiger partial charge in [0.15, 0.2) is 5.78 Å². The van der Waals surface area contributed by atoms with Crippen molar-refractivity contribution in [2.75, 3.05) is 0 Å². The second kappa shape index (κ2) is 7.19. The first-order chi connectivity index (χ1) is 10.6. The summed E-state index contributed by atoms with van der Waals surface area (Å²) in [6.07, 6.45) is 0.0647. The van der Waals surface area contributed by atoms with Gasteiger partial charge in [0.1, 0.15) is 5.92 Å². The largest absolute Gasteiger partial charge is 0.369 e. The van der Waals surface area contributed by atoms with Gasteiger partial charge in [-0.15, -0.1) is 0 Å². The summed E-state index contributed by atoms with van der Waals surface area (Å²) in [5.74, 6) is -2.40. The van der Waals surface area contributed by atoms with Crippen LogP contribution in [-0.2, 0) is 4.79 Å². The van der Waals surface area contributed by atoms with Crippen molar-refractivity contribution in [3.63, 3.8) is 0 Å². The van der Waals surface area contributed by atoms with Gasteiger partial charge in [0.05, 0.1) is 6.07 Å². The van der Waals surface area contributed by atoms with Gasteiger partial charge in [-0.25, -0.2) is 0 Å². The van der Waals surface area contributed by atoms with Crippen LogP contribution in [0.5, 0.6) is 0 Å². The van der Waals surface area contributed by atoms with Crippen molar-refractivity contribution in [1.82, 2.24) is 0 Å². The topological polar surface area (TPSA) is 83.9 Å². The van der Waals surface area contributed by atoms with Crippen LogP contribution in [0.3, 0.4) is 0 Å². The molecule has 4 heteroatoms. The molecule has 0 aliphatic carbocycles. The zero-order chi connectivity index (χ0) is 15.9. The minimum atomic E-state index is -1.03.